The molecular weight excluding hydrogens is 308 g/mol. The van der Waals surface area contributed by atoms with Gasteiger partial charge in [-0.3, -0.25) is 14.7 Å². The fourth-order valence-electron chi connectivity index (χ4n) is 3.76. The number of hydrogen-bond acceptors (Lipinski definition) is 4. The van der Waals surface area contributed by atoms with E-state index in [4.69, 9.17) is 4.74 Å². The lowest BCUT2D eigenvalue weighted by atomic mass is 9.86. The van der Waals surface area contributed by atoms with Crippen molar-refractivity contribution in [1.29, 1.82) is 0 Å². The van der Waals surface area contributed by atoms with Gasteiger partial charge in [0, 0.05) is 44.1 Å². The van der Waals surface area contributed by atoms with Gasteiger partial charge in [0.2, 0.25) is 11.8 Å². The molecule has 0 bridgehead atoms. The first-order valence-corrected chi connectivity index (χ1v) is 8.59. The number of H-pyrrole nitrogens is 1. The number of likely N-dealkylation sites (tertiary alicyclic amines) is 2. The van der Waals surface area contributed by atoms with Crippen LogP contribution in [-0.2, 0) is 4.79 Å². The molecule has 1 aromatic rings. The molecule has 0 radical (unpaired) electrons. The Hall–Kier alpha value is -2.05. The first kappa shape index (κ1) is 16.8. The van der Waals surface area contributed by atoms with E-state index in [1.165, 1.54) is 7.11 Å². The molecular formula is C17H26N4O3. The van der Waals surface area contributed by atoms with Crippen LogP contribution in [0.15, 0.2) is 6.07 Å². The summed E-state index contributed by atoms with van der Waals surface area (Å²) in [5.74, 6) is 0.990. The predicted octanol–water partition coefficient (Wildman–Crippen LogP) is 1.53. The Morgan fingerprint density at radius 2 is 1.96 bits per heavy atom. The standard InChI is InChI=1S/C17H26N4O3/c1-12(2)8-15(22)20-6-4-17(10-20)5-7-21(11-17)16(23)13-9-14(24-3)19-18-13/h9,12H,4-8,10-11H2,1-3H3,(H,18,19). The Bertz CT molecular complexity index is 627. The Labute approximate surface area is 142 Å². The average Bonchev–Trinajstić information content (AvgIpc) is 3.26. The largest absolute Gasteiger partial charge is 0.480 e. The molecule has 7 heteroatoms. The zero-order chi connectivity index (χ0) is 17.3. The number of methoxy groups -OCH3 is 1. The normalized spacial score (nSPS) is 23.5. The predicted molar refractivity (Wildman–Crippen MR) is 88.7 cm³/mol. The molecule has 1 unspecified atom stereocenters. The van der Waals surface area contributed by atoms with Crippen LogP contribution in [-0.4, -0.2) is 65.1 Å². The van der Waals surface area contributed by atoms with Crippen molar-refractivity contribution < 1.29 is 14.3 Å². The van der Waals surface area contributed by atoms with Crippen molar-refractivity contribution in [2.24, 2.45) is 11.3 Å². The van der Waals surface area contributed by atoms with Gasteiger partial charge in [-0.15, -0.1) is 5.10 Å². The molecule has 7 nitrogen and oxygen atoms in total. The van der Waals surface area contributed by atoms with Gasteiger partial charge in [0.1, 0.15) is 5.69 Å². The maximum absolute atomic E-state index is 12.6. The summed E-state index contributed by atoms with van der Waals surface area (Å²) in [6.45, 7) is 7.15. The van der Waals surface area contributed by atoms with E-state index in [1.54, 1.807) is 6.07 Å². The Morgan fingerprint density at radius 3 is 2.58 bits per heavy atom. The second kappa shape index (κ2) is 6.45. The van der Waals surface area contributed by atoms with Crippen molar-refractivity contribution in [3.8, 4) is 5.88 Å². The van der Waals surface area contributed by atoms with Crippen LogP contribution >= 0.6 is 0 Å². The number of hydrogen-bond donors (Lipinski definition) is 1. The zero-order valence-electron chi connectivity index (χ0n) is 14.7. The van der Waals surface area contributed by atoms with Gasteiger partial charge in [-0.1, -0.05) is 13.8 Å². The SMILES string of the molecule is COc1cc(C(=O)N2CCC3(CCN(C(=O)CC(C)C)C3)C2)[nH]n1. The van der Waals surface area contributed by atoms with E-state index in [1.807, 2.05) is 9.80 Å². The molecule has 1 N–H and O–H groups in total. The molecule has 0 aliphatic carbocycles. The highest BCUT2D eigenvalue weighted by molar-refractivity contribution is 5.92. The molecule has 24 heavy (non-hydrogen) atoms. The smallest absolute Gasteiger partial charge is 0.272 e. The number of nitrogens with one attached hydrogen (secondary N) is 1. The van der Waals surface area contributed by atoms with E-state index in [-0.39, 0.29) is 17.2 Å². The molecule has 0 aromatic carbocycles. The molecule has 0 saturated carbocycles. The fourth-order valence-corrected chi connectivity index (χ4v) is 3.76. The van der Waals surface area contributed by atoms with E-state index >= 15 is 0 Å². The number of carbonyl (C=O) groups excluding carboxylic acids is 2. The third-order valence-corrected chi connectivity index (χ3v) is 5.09. The van der Waals surface area contributed by atoms with Crippen LogP contribution < -0.4 is 4.74 Å². The maximum atomic E-state index is 12.6. The summed E-state index contributed by atoms with van der Waals surface area (Å²) in [5, 5.41) is 6.66. The highest BCUT2D eigenvalue weighted by Gasteiger charge is 2.46. The summed E-state index contributed by atoms with van der Waals surface area (Å²) in [6, 6.07) is 1.63. The van der Waals surface area contributed by atoms with E-state index in [0.717, 1.165) is 32.5 Å². The van der Waals surface area contributed by atoms with Gasteiger partial charge in [-0.2, -0.15) is 0 Å². The van der Waals surface area contributed by atoms with Crippen molar-refractivity contribution in [1.82, 2.24) is 20.0 Å². The van der Waals surface area contributed by atoms with Crippen molar-refractivity contribution in [2.75, 3.05) is 33.3 Å². The molecule has 2 amide bonds. The fraction of sp³-hybridized carbons (Fsp3) is 0.706. The summed E-state index contributed by atoms with van der Waals surface area (Å²) in [6.07, 6.45) is 2.54. The Morgan fingerprint density at radius 1 is 1.29 bits per heavy atom. The molecule has 2 saturated heterocycles. The number of carbonyl (C=O) groups is 2. The van der Waals surface area contributed by atoms with E-state index in [9.17, 15) is 9.59 Å². The minimum Gasteiger partial charge on any atom is -0.480 e. The lowest BCUT2D eigenvalue weighted by molar-refractivity contribution is -0.131. The molecule has 1 atom stereocenters. The maximum Gasteiger partial charge on any atom is 0.272 e. The second-order valence-corrected chi connectivity index (χ2v) is 7.46. The molecule has 1 aromatic heterocycles. The van der Waals surface area contributed by atoms with E-state index < -0.39 is 0 Å². The summed E-state index contributed by atoms with van der Waals surface area (Å²) < 4.78 is 5.02. The van der Waals surface area contributed by atoms with Crippen LogP contribution in [0.25, 0.3) is 0 Å². The molecule has 2 aliphatic rings. The highest BCUT2D eigenvalue weighted by atomic mass is 16.5. The zero-order valence-corrected chi connectivity index (χ0v) is 14.7. The minimum atomic E-state index is -0.0466. The third kappa shape index (κ3) is 3.25. The third-order valence-electron chi connectivity index (χ3n) is 5.09. The van der Waals surface area contributed by atoms with E-state index in [0.29, 0.717) is 30.5 Å². The number of amides is 2. The summed E-state index contributed by atoms with van der Waals surface area (Å²) in [5.41, 5.74) is 0.515. The molecule has 2 aliphatic heterocycles. The van der Waals surface area contributed by atoms with Gasteiger partial charge in [-0.25, -0.2) is 0 Å². The summed E-state index contributed by atoms with van der Waals surface area (Å²) >= 11 is 0. The van der Waals surface area contributed by atoms with Gasteiger partial charge in [0.05, 0.1) is 7.11 Å². The lowest BCUT2D eigenvalue weighted by Crippen LogP contribution is -2.36. The minimum absolute atomic E-state index is 0.0466. The van der Waals surface area contributed by atoms with Crippen molar-refractivity contribution in [2.45, 2.75) is 33.1 Å². The van der Waals surface area contributed by atoms with Crippen LogP contribution in [0.1, 0.15) is 43.6 Å². The highest BCUT2D eigenvalue weighted by Crippen LogP contribution is 2.40. The first-order chi connectivity index (χ1) is 11.4. The van der Waals surface area contributed by atoms with Crippen LogP contribution in [0.2, 0.25) is 0 Å². The quantitative estimate of drug-likeness (QED) is 0.906. The molecule has 3 heterocycles. The van der Waals surface area contributed by atoms with E-state index in [2.05, 4.69) is 24.0 Å². The van der Waals surface area contributed by atoms with Gasteiger partial charge >= 0.3 is 0 Å². The average molecular weight is 334 g/mol. The Balaban J connectivity index is 1.61. The first-order valence-electron chi connectivity index (χ1n) is 8.59. The number of ether oxygens (including phenoxy) is 1. The molecule has 132 valence electrons. The van der Waals surface area contributed by atoms with Crippen molar-refractivity contribution >= 4 is 11.8 Å². The van der Waals surface area contributed by atoms with Gasteiger partial charge in [-0.05, 0) is 18.8 Å². The molecule has 2 fully saturated rings. The van der Waals surface area contributed by atoms with Crippen LogP contribution in [0.3, 0.4) is 0 Å². The van der Waals surface area contributed by atoms with Crippen LogP contribution in [0.4, 0.5) is 0 Å². The number of aromatic amines is 1. The summed E-state index contributed by atoms with van der Waals surface area (Å²) in [7, 11) is 1.52. The monoisotopic (exact) mass is 334 g/mol. The second-order valence-electron chi connectivity index (χ2n) is 7.46. The molecule has 1 spiro atoms. The van der Waals surface area contributed by atoms with Crippen LogP contribution in [0.5, 0.6) is 5.88 Å². The topological polar surface area (TPSA) is 78.5 Å². The number of nitrogens with zero attached hydrogens (tertiary/aromatic N) is 3. The molecule has 3 rings (SSSR count). The van der Waals surface area contributed by atoms with Gasteiger partial charge in [0.25, 0.3) is 5.91 Å². The van der Waals surface area contributed by atoms with Crippen LogP contribution in [0, 0.1) is 11.3 Å². The van der Waals surface area contributed by atoms with Crippen molar-refractivity contribution in [3.05, 3.63) is 11.8 Å². The summed E-state index contributed by atoms with van der Waals surface area (Å²) in [4.78, 5) is 28.7. The van der Waals surface area contributed by atoms with Gasteiger partial charge in [0.15, 0.2) is 0 Å². The number of rotatable bonds is 4. The van der Waals surface area contributed by atoms with Crippen molar-refractivity contribution in [3.63, 3.8) is 0 Å². The lowest BCUT2D eigenvalue weighted by Gasteiger charge is -2.25. The Kier molecular flexibility index (Phi) is 4.51. The number of aromatic nitrogens is 2. The van der Waals surface area contributed by atoms with Gasteiger partial charge < -0.3 is 14.5 Å².